The van der Waals surface area contributed by atoms with Crippen molar-refractivity contribution in [3.05, 3.63) is 59.2 Å². The molecule has 19 heavy (non-hydrogen) atoms. The van der Waals surface area contributed by atoms with E-state index in [1.165, 1.54) is 16.7 Å². The van der Waals surface area contributed by atoms with Crippen LogP contribution >= 0.6 is 0 Å². The summed E-state index contributed by atoms with van der Waals surface area (Å²) in [4.78, 5) is 8.66. The maximum atomic E-state index is 4.40. The molecule has 0 radical (unpaired) electrons. The van der Waals surface area contributed by atoms with E-state index < -0.39 is 0 Å². The van der Waals surface area contributed by atoms with Crippen molar-refractivity contribution < 1.29 is 0 Å². The number of aromatic nitrogens is 2. The quantitative estimate of drug-likeness (QED) is 0.891. The van der Waals surface area contributed by atoms with Gasteiger partial charge in [-0.3, -0.25) is 9.97 Å². The van der Waals surface area contributed by atoms with Gasteiger partial charge < -0.3 is 5.32 Å². The molecular formula is C16H21N3. The molecule has 2 rings (SSSR count). The van der Waals surface area contributed by atoms with E-state index in [0.29, 0.717) is 0 Å². The first-order chi connectivity index (χ1) is 9.22. The Hall–Kier alpha value is -1.74. The lowest BCUT2D eigenvalue weighted by molar-refractivity contribution is 0.593. The van der Waals surface area contributed by atoms with Gasteiger partial charge in [-0.05, 0) is 55.6 Å². The molecule has 100 valence electrons. The average Bonchev–Trinajstić information content (AvgIpc) is 2.43. The number of pyridine rings is 2. The van der Waals surface area contributed by atoms with Gasteiger partial charge in [-0.25, -0.2) is 0 Å². The molecule has 1 unspecified atom stereocenters. The average molecular weight is 255 g/mol. The van der Waals surface area contributed by atoms with Crippen LogP contribution in [-0.4, -0.2) is 16.5 Å². The highest BCUT2D eigenvalue weighted by atomic mass is 14.9. The van der Waals surface area contributed by atoms with Crippen molar-refractivity contribution in [2.24, 2.45) is 0 Å². The van der Waals surface area contributed by atoms with Gasteiger partial charge in [-0.15, -0.1) is 0 Å². The second-order valence-electron chi connectivity index (χ2n) is 4.85. The number of nitrogens with one attached hydrogen (secondary N) is 1. The third kappa shape index (κ3) is 3.38. The number of nitrogens with zero attached hydrogens (tertiary/aromatic N) is 2. The molecule has 0 bridgehead atoms. The molecule has 0 aliphatic rings. The van der Waals surface area contributed by atoms with E-state index in [9.17, 15) is 0 Å². The van der Waals surface area contributed by atoms with Crippen molar-refractivity contribution in [2.75, 3.05) is 6.54 Å². The molecule has 3 heteroatoms. The molecular weight excluding hydrogens is 234 g/mol. The number of aryl methyl sites for hydroxylation is 2. The van der Waals surface area contributed by atoms with Gasteiger partial charge in [0.1, 0.15) is 0 Å². The molecule has 1 N–H and O–H groups in total. The van der Waals surface area contributed by atoms with E-state index in [1.807, 2.05) is 25.5 Å². The lowest BCUT2D eigenvalue weighted by Crippen LogP contribution is -2.24. The molecule has 0 saturated heterocycles. The van der Waals surface area contributed by atoms with Crippen LogP contribution in [0.1, 0.15) is 41.8 Å². The minimum absolute atomic E-state index is 0.168. The molecule has 0 aliphatic heterocycles. The molecule has 1 atom stereocenters. The fraction of sp³-hybridized carbons (Fsp3) is 0.375. The van der Waals surface area contributed by atoms with Crippen molar-refractivity contribution in [3.63, 3.8) is 0 Å². The summed E-state index contributed by atoms with van der Waals surface area (Å²) in [6, 6.07) is 6.42. The molecule has 0 saturated carbocycles. The fourth-order valence-corrected chi connectivity index (χ4v) is 2.12. The maximum absolute atomic E-state index is 4.40. The molecule has 0 aromatic carbocycles. The molecule has 2 heterocycles. The van der Waals surface area contributed by atoms with Crippen molar-refractivity contribution in [3.8, 4) is 0 Å². The standard InChI is InChI=1S/C16H21N3/c1-4-8-18-16(14-6-5-13(3)19-10-14)15-11-17-9-7-12(15)2/h5-7,9-11,16,18H,4,8H2,1-3H3. The SMILES string of the molecule is CCCNC(c1ccc(C)nc1)c1cnccc1C. The van der Waals surface area contributed by atoms with Crippen LogP contribution in [0.4, 0.5) is 0 Å². The van der Waals surface area contributed by atoms with Gasteiger partial charge >= 0.3 is 0 Å². The first-order valence-corrected chi connectivity index (χ1v) is 6.78. The third-order valence-electron chi connectivity index (χ3n) is 3.26. The lowest BCUT2D eigenvalue weighted by Gasteiger charge is -2.20. The molecule has 0 amide bonds. The summed E-state index contributed by atoms with van der Waals surface area (Å²) in [5.41, 5.74) is 4.71. The maximum Gasteiger partial charge on any atom is 0.0609 e. The molecule has 0 aliphatic carbocycles. The third-order valence-corrected chi connectivity index (χ3v) is 3.26. The van der Waals surface area contributed by atoms with E-state index in [1.54, 1.807) is 0 Å². The summed E-state index contributed by atoms with van der Waals surface area (Å²) in [6.07, 6.45) is 6.84. The Balaban J connectivity index is 2.35. The van der Waals surface area contributed by atoms with Crippen LogP contribution in [0.3, 0.4) is 0 Å². The Bertz CT molecular complexity index is 520. The van der Waals surface area contributed by atoms with E-state index in [2.05, 4.69) is 47.3 Å². The summed E-state index contributed by atoms with van der Waals surface area (Å²) in [5, 5.41) is 3.58. The second kappa shape index (κ2) is 6.43. The van der Waals surface area contributed by atoms with Gasteiger partial charge in [0.15, 0.2) is 0 Å². The van der Waals surface area contributed by atoms with Gasteiger partial charge in [0, 0.05) is 24.3 Å². The Labute approximate surface area is 115 Å². The number of rotatable bonds is 5. The predicted octanol–water partition coefficient (Wildman–Crippen LogP) is 3.18. The summed E-state index contributed by atoms with van der Waals surface area (Å²) in [7, 11) is 0. The monoisotopic (exact) mass is 255 g/mol. The second-order valence-corrected chi connectivity index (χ2v) is 4.85. The Morgan fingerprint density at radius 3 is 2.63 bits per heavy atom. The van der Waals surface area contributed by atoms with Crippen molar-refractivity contribution in [2.45, 2.75) is 33.2 Å². The highest BCUT2D eigenvalue weighted by molar-refractivity contribution is 5.34. The molecule has 3 nitrogen and oxygen atoms in total. The minimum Gasteiger partial charge on any atom is -0.306 e. The van der Waals surface area contributed by atoms with E-state index in [-0.39, 0.29) is 6.04 Å². The first-order valence-electron chi connectivity index (χ1n) is 6.78. The predicted molar refractivity (Wildman–Crippen MR) is 78.1 cm³/mol. The van der Waals surface area contributed by atoms with Crippen molar-refractivity contribution in [1.82, 2.24) is 15.3 Å². The van der Waals surface area contributed by atoms with Gasteiger partial charge in [0.2, 0.25) is 0 Å². The van der Waals surface area contributed by atoms with Crippen LogP contribution in [0.5, 0.6) is 0 Å². The van der Waals surface area contributed by atoms with Gasteiger partial charge in [-0.2, -0.15) is 0 Å². The summed E-state index contributed by atoms with van der Waals surface area (Å²) >= 11 is 0. The Morgan fingerprint density at radius 2 is 2.00 bits per heavy atom. The molecule has 0 spiro atoms. The summed E-state index contributed by atoms with van der Waals surface area (Å²) < 4.78 is 0. The highest BCUT2D eigenvalue weighted by Crippen LogP contribution is 2.23. The van der Waals surface area contributed by atoms with Crippen LogP contribution in [0, 0.1) is 13.8 Å². The van der Waals surface area contributed by atoms with Crippen LogP contribution in [0.2, 0.25) is 0 Å². The van der Waals surface area contributed by atoms with Crippen LogP contribution in [0.25, 0.3) is 0 Å². The zero-order valence-electron chi connectivity index (χ0n) is 11.9. The highest BCUT2D eigenvalue weighted by Gasteiger charge is 2.15. The Kier molecular flexibility index (Phi) is 4.63. The van der Waals surface area contributed by atoms with E-state index in [4.69, 9.17) is 0 Å². The van der Waals surface area contributed by atoms with Crippen molar-refractivity contribution in [1.29, 1.82) is 0 Å². The van der Waals surface area contributed by atoms with Gasteiger partial charge in [-0.1, -0.05) is 13.0 Å². The topological polar surface area (TPSA) is 37.8 Å². The molecule has 2 aromatic rings. The van der Waals surface area contributed by atoms with Crippen LogP contribution in [0.15, 0.2) is 36.8 Å². The zero-order chi connectivity index (χ0) is 13.7. The van der Waals surface area contributed by atoms with Crippen molar-refractivity contribution >= 4 is 0 Å². The van der Waals surface area contributed by atoms with Gasteiger partial charge in [0.25, 0.3) is 0 Å². The largest absolute Gasteiger partial charge is 0.306 e. The number of hydrogen-bond donors (Lipinski definition) is 1. The summed E-state index contributed by atoms with van der Waals surface area (Å²) in [6.45, 7) is 7.28. The van der Waals surface area contributed by atoms with E-state index >= 15 is 0 Å². The zero-order valence-corrected chi connectivity index (χ0v) is 11.9. The lowest BCUT2D eigenvalue weighted by atomic mass is 9.97. The summed E-state index contributed by atoms with van der Waals surface area (Å²) in [5.74, 6) is 0. The van der Waals surface area contributed by atoms with E-state index in [0.717, 1.165) is 18.7 Å². The van der Waals surface area contributed by atoms with Crippen LogP contribution < -0.4 is 5.32 Å². The van der Waals surface area contributed by atoms with Crippen LogP contribution in [-0.2, 0) is 0 Å². The Morgan fingerprint density at radius 1 is 1.16 bits per heavy atom. The first kappa shape index (κ1) is 13.7. The minimum atomic E-state index is 0.168. The molecule has 2 aromatic heterocycles. The normalized spacial score (nSPS) is 12.4. The fourth-order valence-electron chi connectivity index (χ4n) is 2.12. The molecule has 0 fully saturated rings. The number of hydrogen-bond acceptors (Lipinski definition) is 3. The van der Waals surface area contributed by atoms with Gasteiger partial charge in [0.05, 0.1) is 6.04 Å². The smallest absolute Gasteiger partial charge is 0.0609 e.